The number of ketones is 1. The average Bonchev–Trinajstić information content (AvgIpc) is 2.32. The Kier molecular flexibility index (Phi) is 4.24. The van der Waals surface area contributed by atoms with Crippen LogP contribution in [0.25, 0.3) is 0 Å². The number of carbonyl (C=O) groups excluding carboxylic acids is 1. The van der Waals surface area contributed by atoms with Crippen molar-refractivity contribution in [1.29, 1.82) is 0 Å². The van der Waals surface area contributed by atoms with Crippen molar-refractivity contribution >= 4 is 5.78 Å². The number of Topliss-reactive ketones (excluding diaryl/α,β-unsaturated/α-hetero) is 1. The highest BCUT2D eigenvalue weighted by Gasteiger charge is 2.36. The summed E-state index contributed by atoms with van der Waals surface area (Å²) in [6, 6.07) is 0.144. The van der Waals surface area contributed by atoms with Crippen molar-refractivity contribution < 1.29 is 4.79 Å². The molecule has 0 spiro atoms. The number of nitrogens with two attached hydrogens (primary N) is 1. The Balaban J connectivity index is 1.95. The van der Waals surface area contributed by atoms with Crippen LogP contribution in [0.1, 0.15) is 58.8 Å². The molecule has 98 valence electrons. The lowest BCUT2D eigenvalue weighted by molar-refractivity contribution is -0.130. The predicted molar refractivity (Wildman–Crippen MR) is 70.6 cm³/mol. The second kappa shape index (κ2) is 5.51. The fraction of sp³-hybridized carbons (Fsp3) is 0.933. The highest BCUT2D eigenvalue weighted by molar-refractivity contribution is 5.84. The molecule has 2 aliphatic rings. The zero-order chi connectivity index (χ0) is 12.4. The Bertz CT molecular complexity index is 276. The van der Waals surface area contributed by atoms with Gasteiger partial charge < -0.3 is 5.73 Å². The standard InChI is InChI=1S/C15H27NO/c1-10-7-8-12(9-11(10)2)15(17)13-5-3-4-6-14(13)16/h10-14H,3-9,16H2,1-2H3. The topological polar surface area (TPSA) is 43.1 Å². The van der Waals surface area contributed by atoms with E-state index < -0.39 is 0 Å². The van der Waals surface area contributed by atoms with Gasteiger partial charge in [0.05, 0.1) is 0 Å². The summed E-state index contributed by atoms with van der Waals surface area (Å²) in [6.07, 6.45) is 7.93. The summed E-state index contributed by atoms with van der Waals surface area (Å²) >= 11 is 0. The summed E-state index contributed by atoms with van der Waals surface area (Å²) in [6.45, 7) is 4.61. The zero-order valence-electron chi connectivity index (χ0n) is 11.3. The van der Waals surface area contributed by atoms with Crippen LogP contribution in [0.4, 0.5) is 0 Å². The third-order valence-corrected chi connectivity index (χ3v) is 5.19. The van der Waals surface area contributed by atoms with Gasteiger partial charge in [-0.15, -0.1) is 0 Å². The van der Waals surface area contributed by atoms with Crippen molar-refractivity contribution in [2.75, 3.05) is 0 Å². The van der Waals surface area contributed by atoms with Crippen LogP contribution in [0.15, 0.2) is 0 Å². The molecular weight excluding hydrogens is 210 g/mol. The molecule has 0 aliphatic heterocycles. The van der Waals surface area contributed by atoms with E-state index in [4.69, 9.17) is 5.73 Å². The van der Waals surface area contributed by atoms with Crippen LogP contribution in [0.5, 0.6) is 0 Å². The molecule has 0 bridgehead atoms. The molecule has 2 fully saturated rings. The van der Waals surface area contributed by atoms with Gasteiger partial charge in [-0.3, -0.25) is 4.79 Å². The van der Waals surface area contributed by atoms with Gasteiger partial charge in [0, 0.05) is 17.9 Å². The molecule has 0 radical (unpaired) electrons. The predicted octanol–water partition coefficient (Wildman–Crippen LogP) is 3.15. The van der Waals surface area contributed by atoms with E-state index in [1.54, 1.807) is 0 Å². The molecule has 0 aromatic rings. The van der Waals surface area contributed by atoms with E-state index in [0.29, 0.717) is 17.6 Å². The molecule has 17 heavy (non-hydrogen) atoms. The van der Waals surface area contributed by atoms with Gasteiger partial charge >= 0.3 is 0 Å². The monoisotopic (exact) mass is 237 g/mol. The van der Waals surface area contributed by atoms with Gasteiger partial charge in [-0.2, -0.15) is 0 Å². The molecular formula is C15H27NO. The third-order valence-electron chi connectivity index (χ3n) is 5.19. The van der Waals surface area contributed by atoms with Gasteiger partial charge in [0.25, 0.3) is 0 Å². The Morgan fingerprint density at radius 3 is 2.35 bits per heavy atom. The molecule has 5 atom stereocenters. The normalized spacial score (nSPS) is 43.4. The molecule has 0 amide bonds. The Morgan fingerprint density at radius 2 is 1.71 bits per heavy atom. The highest BCUT2D eigenvalue weighted by Crippen LogP contribution is 2.37. The molecule has 2 saturated carbocycles. The van der Waals surface area contributed by atoms with Crippen molar-refractivity contribution in [1.82, 2.24) is 0 Å². The summed E-state index contributed by atoms with van der Waals surface area (Å²) < 4.78 is 0. The van der Waals surface area contributed by atoms with E-state index in [1.807, 2.05) is 0 Å². The number of hydrogen-bond donors (Lipinski definition) is 1. The van der Waals surface area contributed by atoms with Gasteiger partial charge in [-0.1, -0.05) is 26.7 Å². The molecule has 2 aliphatic carbocycles. The van der Waals surface area contributed by atoms with Gasteiger partial charge in [0.2, 0.25) is 0 Å². The van der Waals surface area contributed by atoms with E-state index in [0.717, 1.165) is 31.6 Å². The minimum absolute atomic E-state index is 0.144. The molecule has 5 unspecified atom stereocenters. The van der Waals surface area contributed by atoms with E-state index in [2.05, 4.69) is 13.8 Å². The maximum absolute atomic E-state index is 12.5. The summed E-state index contributed by atoms with van der Waals surface area (Å²) in [7, 11) is 0. The van der Waals surface area contributed by atoms with Gasteiger partial charge in [-0.05, 0) is 43.9 Å². The minimum atomic E-state index is 0.144. The maximum atomic E-state index is 12.5. The smallest absolute Gasteiger partial charge is 0.140 e. The average molecular weight is 237 g/mol. The van der Waals surface area contributed by atoms with E-state index in [9.17, 15) is 4.79 Å². The maximum Gasteiger partial charge on any atom is 0.140 e. The van der Waals surface area contributed by atoms with Crippen molar-refractivity contribution in [3.8, 4) is 0 Å². The van der Waals surface area contributed by atoms with E-state index >= 15 is 0 Å². The first kappa shape index (κ1) is 13.1. The Hall–Kier alpha value is -0.370. The number of rotatable bonds is 2. The second-order valence-electron chi connectivity index (χ2n) is 6.42. The fourth-order valence-electron chi connectivity index (χ4n) is 3.62. The summed E-state index contributed by atoms with van der Waals surface area (Å²) in [5, 5.41) is 0. The molecule has 2 nitrogen and oxygen atoms in total. The van der Waals surface area contributed by atoms with Crippen molar-refractivity contribution in [2.45, 2.75) is 64.8 Å². The first-order chi connectivity index (χ1) is 8.09. The van der Waals surface area contributed by atoms with Gasteiger partial charge in [-0.25, -0.2) is 0 Å². The van der Waals surface area contributed by atoms with Crippen LogP contribution in [0.3, 0.4) is 0 Å². The first-order valence-electron chi connectivity index (χ1n) is 7.39. The lowest BCUT2D eigenvalue weighted by Crippen LogP contribution is -2.42. The highest BCUT2D eigenvalue weighted by atomic mass is 16.1. The van der Waals surface area contributed by atoms with Crippen molar-refractivity contribution in [3.05, 3.63) is 0 Å². The molecule has 0 aromatic carbocycles. The number of hydrogen-bond acceptors (Lipinski definition) is 2. The molecule has 0 heterocycles. The third kappa shape index (κ3) is 2.90. The Labute approximate surface area is 105 Å². The van der Waals surface area contributed by atoms with Gasteiger partial charge in [0.1, 0.15) is 5.78 Å². The van der Waals surface area contributed by atoms with Crippen molar-refractivity contribution in [3.63, 3.8) is 0 Å². The second-order valence-corrected chi connectivity index (χ2v) is 6.42. The summed E-state index contributed by atoms with van der Waals surface area (Å²) in [5.41, 5.74) is 6.13. The number of carbonyl (C=O) groups is 1. The van der Waals surface area contributed by atoms with E-state index in [-0.39, 0.29) is 12.0 Å². The Morgan fingerprint density at radius 1 is 1.00 bits per heavy atom. The van der Waals surface area contributed by atoms with Crippen LogP contribution < -0.4 is 5.73 Å². The molecule has 2 heteroatoms. The largest absolute Gasteiger partial charge is 0.327 e. The molecule has 2 rings (SSSR count). The molecule has 0 saturated heterocycles. The van der Waals surface area contributed by atoms with Gasteiger partial charge in [0.15, 0.2) is 0 Å². The van der Waals surface area contributed by atoms with Crippen LogP contribution in [0, 0.1) is 23.7 Å². The van der Waals surface area contributed by atoms with Crippen molar-refractivity contribution in [2.24, 2.45) is 29.4 Å². The van der Waals surface area contributed by atoms with Crippen LogP contribution in [0.2, 0.25) is 0 Å². The summed E-state index contributed by atoms with van der Waals surface area (Å²) in [4.78, 5) is 12.5. The molecule has 2 N–H and O–H groups in total. The zero-order valence-corrected chi connectivity index (χ0v) is 11.3. The lowest BCUT2D eigenvalue weighted by Gasteiger charge is -2.35. The first-order valence-corrected chi connectivity index (χ1v) is 7.39. The summed E-state index contributed by atoms with van der Waals surface area (Å²) in [5.74, 6) is 2.48. The van der Waals surface area contributed by atoms with Crippen LogP contribution in [-0.2, 0) is 4.79 Å². The quantitative estimate of drug-likeness (QED) is 0.801. The minimum Gasteiger partial charge on any atom is -0.327 e. The fourth-order valence-corrected chi connectivity index (χ4v) is 3.62. The SMILES string of the molecule is CC1CCC(C(=O)C2CCCCC2N)CC1C. The molecule has 0 aromatic heterocycles. The lowest BCUT2D eigenvalue weighted by atomic mass is 9.69. The van der Waals surface area contributed by atoms with Crippen LogP contribution in [-0.4, -0.2) is 11.8 Å². The van der Waals surface area contributed by atoms with E-state index in [1.165, 1.54) is 19.3 Å². The van der Waals surface area contributed by atoms with Crippen LogP contribution >= 0.6 is 0 Å².